The first kappa shape index (κ1) is 17.9. The third-order valence-electron chi connectivity index (χ3n) is 3.82. The van der Waals surface area contributed by atoms with Gasteiger partial charge < -0.3 is 14.7 Å². The van der Waals surface area contributed by atoms with Gasteiger partial charge in [0.25, 0.3) is 0 Å². The summed E-state index contributed by atoms with van der Waals surface area (Å²) in [7, 11) is 0. The number of hydrogen-bond acceptors (Lipinski definition) is 6. The van der Waals surface area contributed by atoms with E-state index in [-0.39, 0.29) is 17.9 Å². The molecular weight excluding hydrogens is 348 g/mol. The lowest BCUT2D eigenvalue weighted by atomic mass is 10.2. The molecule has 0 radical (unpaired) electrons. The van der Waals surface area contributed by atoms with Gasteiger partial charge >= 0.3 is 0 Å². The van der Waals surface area contributed by atoms with E-state index in [1.54, 1.807) is 13.0 Å². The molecule has 0 amide bonds. The second-order valence-electron chi connectivity index (χ2n) is 5.80. The van der Waals surface area contributed by atoms with Crippen molar-refractivity contribution in [3.63, 3.8) is 0 Å². The maximum absolute atomic E-state index is 13.8. The van der Waals surface area contributed by atoms with Crippen LogP contribution in [0.25, 0.3) is 0 Å². The topological polar surface area (TPSA) is 58.5 Å². The first-order chi connectivity index (χ1) is 12.1. The average molecular weight is 367 g/mol. The van der Waals surface area contributed by atoms with E-state index in [2.05, 4.69) is 14.9 Å². The van der Waals surface area contributed by atoms with Crippen LogP contribution >= 0.6 is 11.8 Å². The number of nitrogens with zero attached hydrogens (tertiary/aromatic N) is 3. The number of benzene rings is 1. The van der Waals surface area contributed by atoms with E-state index in [0.29, 0.717) is 11.0 Å². The van der Waals surface area contributed by atoms with Crippen LogP contribution in [0.5, 0.6) is 5.88 Å². The molecule has 8 heteroatoms. The van der Waals surface area contributed by atoms with Crippen LogP contribution in [0.15, 0.2) is 29.4 Å². The van der Waals surface area contributed by atoms with E-state index in [0.717, 1.165) is 31.4 Å². The van der Waals surface area contributed by atoms with Crippen molar-refractivity contribution >= 4 is 17.6 Å². The minimum atomic E-state index is -0.867. The number of rotatable bonds is 7. The molecule has 5 nitrogen and oxygen atoms in total. The fraction of sp³-hybridized carbons (Fsp3) is 0.412. The fourth-order valence-electron chi connectivity index (χ4n) is 2.27. The van der Waals surface area contributed by atoms with Crippen LogP contribution in [0.2, 0.25) is 0 Å². The van der Waals surface area contributed by atoms with Gasteiger partial charge in [-0.1, -0.05) is 23.9 Å². The predicted octanol–water partition coefficient (Wildman–Crippen LogP) is 3.02. The first-order valence-corrected chi connectivity index (χ1v) is 9.02. The standard InChI is InChI=1S/C17H19F2N3O2S/c1-11(9-23)24-15-8-14(22-6-3-7-22)20-17(21-15)25-10-12-4-2-5-13(18)16(12)19/h2,4-5,8,11,23H,3,6-7,9-10H2,1H3/t11-/m1/s1. The molecule has 1 atom stereocenters. The van der Waals surface area contributed by atoms with Crippen molar-refractivity contribution in [1.29, 1.82) is 0 Å². The second kappa shape index (κ2) is 7.97. The summed E-state index contributed by atoms with van der Waals surface area (Å²) in [6.07, 6.45) is 0.710. The van der Waals surface area contributed by atoms with Gasteiger partial charge in [0.05, 0.1) is 6.61 Å². The maximum Gasteiger partial charge on any atom is 0.219 e. The van der Waals surface area contributed by atoms with Gasteiger partial charge in [-0.2, -0.15) is 4.98 Å². The smallest absolute Gasteiger partial charge is 0.219 e. The Morgan fingerprint density at radius 2 is 2.12 bits per heavy atom. The van der Waals surface area contributed by atoms with Gasteiger partial charge in [-0.05, 0) is 19.4 Å². The highest BCUT2D eigenvalue weighted by atomic mass is 32.2. The van der Waals surface area contributed by atoms with E-state index in [9.17, 15) is 8.78 Å². The number of hydrogen-bond donors (Lipinski definition) is 1. The largest absolute Gasteiger partial charge is 0.472 e. The highest BCUT2D eigenvalue weighted by Crippen LogP contribution is 2.28. The fourth-order valence-corrected chi connectivity index (χ4v) is 3.09. The molecule has 3 rings (SSSR count). The van der Waals surface area contributed by atoms with E-state index in [4.69, 9.17) is 9.84 Å². The van der Waals surface area contributed by atoms with Gasteiger partial charge in [-0.25, -0.2) is 13.8 Å². The molecule has 25 heavy (non-hydrogen) atoms. The zero-order valence-corrected chi connectivity index (χ0v) is 14.6. The maximum atomic E-state index is 13.8. The SMILES string of the molecule is C[C@H](CO)Oc1cc(N2CCC2)nc(SCc2cccc(F)c2F)n1. The van der Waals surface area contributed by atoms with Crippen LogP contribution in [-0.2, 0) is 5.75 Å². The summed E-state index contributed by atoms with van der Waals surface area (Å²) in [6.45, 7) is 3.43. The average Bonchev–Trinajstić information content (AvgIpc) is 2.54. The van der Waals surface area contributed by atoms with Crippen LogP contribution < -0.4 is 9.64 Å². The van der Waals surface area contributed by atoms with Crippen LogP contribution in [0.1, 0.15) is 18.9 Å². The zero-order chi connectivity index (χ0) is 17.8. The summed E-state index contributed by atoms with van der Waals surface area (Å²) in [5.41, 5.74) is 0.258. The van der Waals surface area contributed by atoms with Crippen LogP contribution in [0, 0.1) is 11.6 Å². The van der Waals surface area contributed by atoms with Crippen molar-refractivity contribution in [2.24, 2.45) is 0 Å². The van der Waals surface area contributed by atoms with Crippen molar-refractivity contribution in [1.82, 2.24) is 9.97 Å². The predicted molar refractivity (Wildman–Crippen MR) is 92.0 cm³/mol. The highest BCUT2D eigenvalue weighted by molar-refractivity contribution is 7.98. The third kappa shape index (κ3) is 4.38. The van der Waals surface area contributed by atoms with Gasteiger partial charge in [-0.3, -0.25) is 0 Å². The molecule has 0 bridgehead atoms. The Kier molecular flexibility index (Phi) is 5.70. The monoisotopic (exact) mass is 367 g/mol. The summed E-state index contributed by atoms with van der Waals surface area (Å²) >= 11 is 1.21. The number of thioether (sulfide) groups is 1. The third-order valence-corrected chi connectivity index (χ3v) is 4.71. The molecule has 0 saturated carbocycles. The molecule has 1 N–H and O–H groups in total. The Balaban J connectivity index is 1.79. The molecule has 134 valence electrons. The van der Waals surface area contributed by atoms with Gasteiger partial charge in [0.1, 0.15) is 11.9 Å². The minimum Gasteiger partial charge on any atom is -0.472 e. The van der Waals surface area contributed by atoms with Crippen LogP contribution in [-0.4, -0.2) is 40.9 Å². The lowest BCUT2D eigenvalue weighted by Crippen LogP contribution is -2.37. The molecule has 0 spiro atoms. The Morgan fingerprint density at radius 1 is 1.32 bits per heavy atom. The summed E-state index contributed by atoms with van der Waals surface area (Å²) in [6, 6.07) is 5.84. The lowest BCUT2D eigenvalue weighted by Gasteiger charge is -2.32. The molecule has 1 saturated heterocycles. The Morgan fingerprint density at radius 3 is 2.80 bits per heavy atom. The lowest BCUT2D eigenvalue weighted by molar-refractivity contribution is 0.124. The van der Waals surface area contributed by atoms with E-state index in [1.165, 1.54) is 23.9 Å². The van der Waals surface area contributed by atoms with E-state index < -0.39 is 17.7 Å². The number of anilines is 1. The number of aromatic nitrogens is 2. The molecule has 2 aromatic rings. The van der Waals surface area contributed by atoms with Gasteiger partial charge in [0, 0.05) is 30.5 Å². The molecule has 0 aliphatic carbocycles. The summed E-state index contributed by atoms with van der Waals surface area (Å²) in [5, 5.41) is 9.57. The zero-order valence-electron chi connectivity index (χ0n) is 13.8. The minimum absolute atomic E-state index is 0.125. The number of ether oxygens (including phenoxy) is 1. The molecule has 1 aliphatic rings. The normalized spacial score (nSPS) is 15.0. The van der Waals surface area contributed by atoms with E-state index >= 15 is 0 Å². The van der Waals surface area contributed by atoms with Gasteiger partial charge in [0.2, 0.25) is 5.88 Å². The van der Waals surface area contributed by atoms with Crippen molar-refractivity contribution in [3.8, 4) is 5.88 Å². The quantitative estimate of drug-likeness (QED) is 0.600. The second-order valence-corrected chi connectivity index (χ2v) is 6.74. The molecule has 2 heterocycles. The molecule has 0 unspecified atom stereocenters. The van der Waals surface area contributed by atoms with Gasteiger partial charge in [0.15, 0.2) is 16.8 Å². The number of aliphatic hydroxyl groups is 1. The van der Waals surface area contributed by atoms with E-state index in [1.807, 2.05) is 0 Å². The molecule has 1 fully saturated rings. The highest BCUT2D eigenvalue weighted by Gasteiger charge is 2.19. The Hall–Kier alpha value is -1.93. The van der Waals surface area contributed by atoms with Crippen molar-refractivity contribution in [2.75, 3.05) is 24.6 Å². The van der Waals surface area contributed by atoms with Crippen LogP contribution in [0.3, 0.4) is 0 Å². The first-order valence-electron chi connectivity index (χ1n) is 8.04. The molecule has 1 aromatic heterocycles. The number of aliphatic hydroxyl groups excluding tert-OH is 1. The summed E-state index contributed by atoms with van der Waals surface area (Å²) in [4.78, 5) is 10.9. The van der Waals surface area contributed by atoms with Crippen molar-refractivity contribution < 1.29 is 18.6 Å². The molecule has 1 aromatic carbocycles. The number of halogens is 2. The Labute approximate surface area is 149 Å². The molecule has 1 aliphatic heterocycles. The van der Waals surface area contributed by atoms with Crippen molar-refractivity contribution in [2.45, 2.75) is 30.4 Å². The van der Waals surface area contributed by atoms with Crippen molar-refractivity contribution in [3.05, 3.63) is 41.5 Å². The summed E-state index contributed by atoms with van der Waals surface area (Å²) < 4.78 is 32.7. The van der Waals surface area contributed by atoms with Gasteiger partial charge in [-0.15, -0.1) is 0 Å². The van der Waals surface area contributed by atoms with Crippen LogP contribution in [0.4, 0.5) is 14.6 Å². The summed E-state index contributed by atoms with van der Waals surface area (Å²) in [5.74, 6) is -0.403. The Bertz CT molecular complexity index is 744. The molecular formula is C17H19F2N3O2S.